The number of carbonyl (C=O) groups excluding carboxylic acids is 1. The largest absolute Gasteiger partial charge is 0.494 e. The van der Waals surface area contributed by atoms with Crippen molar-refractivity contribution in [1.29, 1.82) is 0 Å². The maximum atomic E-state index is 12.7. The van der Waals surface area contributed by atoms with Gasteiger partial charge in [-0.2, -0.15) is 0 Å². The minimum absolute atomic E-state index is 0.186. The number of aromatic nitrogens is 1. The molecule has 0 aliphatic rings. The molecule has 144 valence electrons. The summed E-state index contributed by atoms with van der Waals surface area (Å²) in [5.41, 5.74) is 3.42. The van der Waals surface area contributed by atoms with Gasteiger partial charge in [-0.1, -0.05) is 29.3 Å². The highest BCUT2D eigenvalue weighted by Gasteiger charge is 2.13. The summed E-state index contributed by atoms with van der Waals surface area (Å²) in [6.07, 6.45) is 3.25. The van der Waals surface area contributed by atoms with Crippen LogP contribution in [-0.4, -0.2) is 23.1 Å². The van der Waals surface area contributed by atoms with Gasteiger partial charge in [0.2, 0.25) is 0 Å². The normalized spacial score (nSPS) is 10.6. The molecule has 7 heteroatoms. The van der Waals surface area contributed by atoms with Crippen LogP contribution in [-0.2, 0) is 13.2 Å². The quantitative estimate of drug-likeness (QED) is 0.620. The van der Waals surface area contributed by atoms with Gasteiger partial charge in [-0.3, -0.25) is 9.78 Å². The zero-order chi connectivity index (χ0) is 20.1. The zero-order valence-corrected chi connectivity index (χ0v) is 16.6. The second-order valence-corrected chi connectivity index (χ2v) is 6.90. The van der Waals surface area contributed by atoms with Gasteiger partial charge >= 0.3 is 0 Å². The van der Waals surface area contributed by atoms with Crippen molar-refractivity contribution in [2.45, 2.75) is 13.2 Å². The van der Waals surface area contributed by atoms with Crippen molar-refractivity contribution in [2.75, 3.05) is 7.11 Å². The average Bonchev–Trinajstić information content (AvgIpc) is 2.73. The number of hydrogen-bond donors (Lipinski definition) is 2. The first-order chi connectivity index (χ1) is 13.5. The molecule has 1 heterocycles. The van der Waals surface area contributed by atoms with Crippen LogP contribution in [0, 0.1) is 0 Å². The minimum atomic E-state index is -0.268. The monoisotopic (exact) mass is 416 g/mol. The molecule has 0 unspecified atom stereocenters. The molecule has 28 heavy (non-hydrogen) atoms. The third-order valence-electron chi connectivity index (χ3n) is 4.19. The van der Waals surface area contributed by atoms with E-state index in [-0.39, 0.29) is 12.5 Å². The summed E-state index contributed by atoms with van der Waals surface area (Å²) in [6, 6.07) is 12.2. The molecule has 1 aromatic heterocycles. The molecule has 5 nitrogen and oxygen atoms in total. The standard InChI is InChI=1S/C21H18Cl2N2O3/c1-28-20-11-24-5-4-17(20)15-6-14(12-26)7-16(9-15)21(27)25-10-13-2-3-18(22)19(23)8-13/h2-9,11,26H,10,12H2,1H3,(H,25,27). The van der Waals surface area contributed by atoms with Gasteiger partial charge in [-0.05, 0) is 53.1 Å². The molecule has 1 amide bonds. The number of methoxy groups -OCH3 is 1. The highest BCUT2D eigenvalue weighted by Crippen LogP contribution is 2.30. The van der Waals surface area contributed by atoms with Crippen molar-refractivity contribution in [3.8, 4) is 16.9 Å². The van der Waals surface area contributed by atoms with Crippen LogP contribution >= 0.6 is 23.2 Å². The first-order valence-corrected chi connectivity index (χ1v) is 9.22. The molecule has 0 saturated heterocycles. The van der Waals surface area contributed by atoms with Gasteiger partial charge in [0.05, 0.1) is 30.0 Å². The van der Waals surface area contributed by atoms with Crippen LogP contribution in [0.4, 0.5) is 0 Å². The van der Waals surface area contributed by atoms with E-state index in [1.165, 1.54) is 0 Å². The average molecular weight is 417 g/mol. The maximum absolute atomic E-state index is 12.7. The Morgan fingerprint density at radius 1 is 1.11 bits per heavy atom. The van der Waals surface area contributed by atoms with Crippen LogP contribution in [0.1, 0.15) is 21.5 Å². The van der Waals surface area contributed by atoms with Gasteiger partial charge in [0.1, 0.15) is 5.75 Å². The third-order valence-corrected chi connectivity index (χ3v) is 4.93. The Bertz CT molecular complexity index is 1010. The SMILES string of the molecule is COc1cnccc1-c1cc(CO)cc(C(=O)NCc2ccc(Cl)c(Cl)c2)c1. The molecular formula is C21H18Cl2N2O3. The van der Waals surface area contributed by atoms with E-state index in [0.717, 1.165) is 16.7 Å². The lowest BCUT2D eigenvalue weighted by Crippen LogP contribution is -2.23. The lowest BCUT2D eigenvalue weighted by molar-refractivity contribution is 0.0950. The van der Waals surface area contributed by atoms with Crippen molar-refractivity contribution in [1.82, 2.24) is 10.3 Å². The van der Waals surface area contributed by atoms with Crippen LogP contribution in [0.2, 0.25) is 10.0 Å². The predicted molar refractivity (Wildman–Crippen MR) is 110 cm³/mol. The fourth-order valence-electron chi connectivity index (χ4n) is 2.79. The third kappa shape index (κ3) is 4.62. The van der Waals surface area contributed by atoms with Crippen molar-refractivity contribution in [2.24, 2.45) is 0 Å². The summed E-state index contributed by atoms with van der Waals surface area (Å²) < 4.78 is 5.35. The van der Waals surface area contributed by atoms with Crippen LogP contribution in [0.15, 0.2) is 54.9 Å². The molecule has 0 aliphatic heterocycles. The molecule has 0 fully saturated rings. The Balaban J connectivity index is 1.86. The summed E-state index contributed by atoms with van der Waals surface area (Å²) in [5.74, 6) is 0.315. The van der Waals surface area contributed by atoms with Gasteiger partial charge in [-0.15, -0.1) is 0 Å². The van der Waals surface area contributed by atoms with E-state index in [1.807, 2.05) is 6.07 Å². The fraction of sp³-hybridized carbons (Fsp3) is 0.143. The van der Waals surface area contributed by atoms with Crippen molar-refractivity contribution >= 4 is 29.1 Å². The van der Waals surface area contributed by atoms with E-state index in [1.54, 1.807) is 55.9 Å². The molecule has 2 aromatic carbocycles. The summed E-state index contributed by atoms with van der Waals surface area (Å²) in [6.45, 7) is 0.112. The Morgan fingerprint density at radius 2 is 1.93 bits per heavy atom. The molecule has 0 atom stereocenters. The minimum Gasteiger partial charge on any atom is -0.494 e. The molecule has 2 N–H and O–H groups in total. The Labute approximate surface area is 172 Å². The molecule has 3 rings (SSSR count). The van der Waals surface area contributed by atoms with E-state index in [4.69, 9.17) is 27.9 Å². The fourth-order valence-corrected chi connectivity index (χ4v) is 3.11. The van der Waals surface area contributed by atoms with E-state index >= 15 is 0 Å². The van der Waals surface area contributed by atoms with Gasteiger partial charge in [0.25, 0.3) is 5.91 Å². The predicted octanol–water partition coefficient (Wildman–Crippen LogP) is 4.49. The summed E-state index contributed by atoms with van der Waals surface area (Å²) in [5, 5.41) is 13.4. The highest BCUT2D eigenvalue weighted by molar-refractivity contribution is 6.42. The number of pyridine rings is 1. The Kier molecular flexibility index (Phi) is 6.52. The number of aliphatic hydroxyl groups excluding tert-OH is 1. The van der Waals surface area contributed by atoms with Crippen LogP contribution in [0.3, 0.4) is 0 Å². The van der Waals surface area contributed by atoms with Crippen molar-refractivity contribution in [3.05, 3.63) is 81.6 Å². The van der Waals surface area contributed by atoms with Crippen molar-refractivity contribution < 1.29 is 14.6 Å². The Morgan fingerprint density at radius 3 is 2.64 bits per heavy atom. The summed E-state index contributed by atoms with van der Waals surface area (Å²) in [7, 11) is 1.56. The smallest absolute Gasteiger partial charge is 0.251 e. The number of halogens is 2. The molecular weight excluding hydrogens is 399 g/mol. The number of nitrogens with one attached hydrogen (secondary N) is 1. The van der Waals surface area contributed by atoms with Gasteiger partial charge in [0, 0.05) is 23.9 Å². The van der Waals surface area contributed by atoms with Gasteiger partial charge < -0.3 is 15.2 Å². The first kappa shape index (κ1) is 20.1. The number of carbonyl (C=O) groups is 1. The van der Waals surface area contributed by atoms with Crippen LogP contribution < -0.4 is 10.1 Å². The number of hydrogen-bond acceptors (Lipinski definition) is 4. The highest BCUT2D eigenvalue weighted by atomic mass is 35.5. The van der Waals surface area contributed by atoms with Crippen LogP contribution in [0.5, 0.6) is 5.75 Å². The van der Waals surface area contributed by atoms with Gasteiger partial charge in [-0.25, -0.2) is 0 Å². The number of aliphatic hydroxyl groups is 1. The van der Waals surface area contributed by atoms with Crippen molar-refractivity contribution in [3.63, 3.8) is 0 Å². The Hall–Kier alpha value is -2.60. The number of amides is 1. The summed E-state index contributed by atoms with van der Waals surface area (Å²) >= 11 is 11.9. The van der Waals surface area contributed by atoms with E-state index in [0.29, 0.717) is 33.5 Å². The van der Waals surface area contributed by atoms with E-state index in [9.17, 15) is 9.90 Å². The molecule has 3 aromatic rings. The zero-order valence-electron chi connectivity index (χ0n) is 15.1. The van der Waals surface area contributed by atoms with Gasteiger partial charge in [0.15, 0.2) is 0 Å². The topological polar surface area (TPSA) is 71.5 Å². The lowest BCUT2D eigenvalue weighted by Gasteiger charge is -2.12. The van der Waals surface area contributed by atoms with Crippen LogP contribution in [0.25, 0.3) is 11.1 Å². The molecule has 0 saturated carbocycles. The molecule has 0 spiro atoms. The first-order valence-electron chi connectivity index (χ1n) is 8.47. The number of rotatable bonds is 6. The lowest BCUT2D eigenvalue weighted by atomic mass is 9.99. The van der Waals surface area contributed by atoms with E-state index < -0.39 is 0 Å². The second kappa shape index (κ2) is 9.06. The number of benzene rings is 2. The maximum Gasteiger partial charge on any atom is 0.251 e. The van der Waals surface area contributed by atoms with E-state index in [2.05, 4.69) is 10.3 Å². The number of ether oxygens (including phenoxy) is 1. The number of nitrogens with zero attached hydrogens (tertiary/aromatic N) is 1. The molecule has 0 aliphatic carbocycles. The molecule has 0 radical (unpaired) electrons. The second-order valence-electron chi connectivity index (χ2n) is 6.08. The summed E-state index contributed by atoms with van der Waals surface area (Å²) in [4.78, 5) is 16.7. The molecule has 0 bridgehead atoms.